The Balaban J connectivity index is 1.57. The molecule has 2 atom stereocenters. The molecule has 4 aromatic rings. The Morgan fingerprint density at radius 2 is 1.46 bits per heavy atom. The summed E-state index contributed by atoms with van der Waals surface area (Å²) in [6.07, 6.45) is -7.49. The second-order valence-corrected chi connectivity index (χ2v) is 11.6. The van der Waals surface area contributed by atoms with E-state index in [0.29, 0.717) is 41.8 Å². The van der Waals surface area contributed by atoms with E-state index < -0.39 is 47.8 Å². The van der Waals surface area contributed by atoms with Gasteiger partial charge in [-0.1, -0.05) is 6.92 Å². The number of alkyl halides is 9. The van der Waals surface area contributed by atoms with Crippen LogP contribution < -0.4 is 9.80 Å². The van der Waals surface area contributed by atoms with Crippen LogP contribution in [0.25, 0.3) is 11.1 Å². The Bertz CT molecular complexity index is 1680. The Kier molecular flexibility index (Phi) is 9.68. The quantitative estimate of drug-likeness (QED) is 0.166. The van der Waals surface area contributed by atoms with E-state index in [9.17, 15) is 39.5 Å². The van der Waals surface area contributed by atoms with E-state index in [1.165, 1.54) is 25.6 Å². The SMILES string of the molecule is CC[C@@H]1C[C@H](N(Cc2cc(C(F)(F)F)cc(C(F)(F)F)c2)c2ncc(-c3cnn(C)c3)cn2)CN1c1ccc(C(F)(F)F)cc1COC. The number of halogens is 9. The first-order chi connectivity index (χ1) is 22.5. The van der Waals surface area contributed by atoms with Crippen molar-refractivity contribution in [3.8, 4) is 11.1 Å². The summed E-state index contributed by atoms with van der Waals surface area (Å²) in [4.78, 5) is 12.3. The number of anilines is 2. The zero-order chi connectivity index (χ0) is 35.0. The van der Waals surface area contributed by atoms with Gasteiger partial charge in [-0.3, -0.25) is 4.68 Å². The van der Waals surface area contributed by atoms with Crippen LogP contribution in [-0.2, 0) is 43.5 Å². The smallest absolute Gasteiger partial charge is 0.380 e. The standard InChI is InChI=1S/C32H31F9N6O/c1-4-26-11-27(17-46(26)28-6-5-23(30(33,34)35)9-20(28)18-48-3)47(29-42-12-21(13-43-29)22-14-44-45(2)16-22)15-19-7-24(31(36,37)38)10-25(8-19)32(39,40)41/h5-10,12-14,16,26-27H,4,11,15,17-18H2,1-3H3/t26-,27+/m1/s1. The highest BCUT2D eigenvalue weighted by molar-refractivity contribution is 5.61. The van der Waals surface area contributed by atoms with E-state index in [0.717, 1.165) is 12.1 Å². The average Bonchev–Trinajstić information content (AvgIpc) is 3.65. The first kappa shape index (κ1) is 35.0. The van der Waals surface area contributed by atoms with E-state index in [1.807, 2.05) is 11.8 Å². The first-order valence-electron chi connectivity index (χ1n) is 14.8. The number of rotatable bonds is 9. The van der Waals surface area contributed by atoms with Gasteiger partial charge in [-0.2, -0.15) is 44.6 Å². The minimum absolute atomic E-state index is 0.0554. The van der Waals surface area contributed by atoms with Crippen molar-refractivity contribution in [3.63, 3.8) is 0 Å². The van der Waals surface area contributed by atoms with Crippen LogP contribution in [0.4, 0.5) is 51.1 Å². The van der Waals surface area contributed by atoms with Crippen LogP contribution in [-0.4, -0.2) is 45.5 Å². The molecule has 0 saturated carbocycles. The summed E-state index contributed by atoms with van der Waals surface area (Å²) in [6, 6.07) is 3.94. The average molecular weight is 687 g/mol. The van der Waals surface area contributed by atoms with Gasteiger partial charge in [0.2, 0.25) is 5.95 Å². The maximum Gasteiger partial charge on any atom is 0.416 e. The topological polar surface area (TPSA) is 59.3 Å². The van der Waals surface area contributed by atoms with Gasteiger partial charge in [-0.25, -0.2) is 9.97 Å². The van der Waals surface area contributed by atoms with Crippen LogP contribution >= 0.6 is 0 Å². The zero-order valence-corrected chi connectivity index (χ0v) is 26.0. The number of aromatic nitrogens is 4. The van der Waals surface area contributed by atoms with Crippen molar-refractivity contribution < 1.29 is 44.3 Å². The number of hydrogen-bond donors (Lipinski definition) is 0. The summed E-state index contributed by atoms with van der Waals surface area (Å²) in [5.74, 6) is 0.0554. The largest absolute Gasteiger partial charge is 0.416 e. The molecule has 258 valence electrons. The Morgan fingerprint density at radius 3 is 1.98 bits per heavy atom. The molecule has 1 fully saturated rings. The van der Waals surface area contributed by atoms with Crippen molar-refractivity contribution >= 4 is 11.6 Å². The van der Waals surface area contributed by atoms with Gasteiger partial charge in [0.05, 0.1) is 35.5 Å². The molecule has 1 aliphatic heterocycles. The number of benzene rings is 2. The van der Waals surface area contributed by atoms with Gasteiger partial charge in [0.1, 0.15) is 0 Å². The molecule has 2 aromatic heterocycles. The summed E-state index contributed by atoms with van der Waals surface area (Å²) in [6.45, 7) is 1.52. The van der Waals surface area contributed by atoms with E-state index >= 15 is 0 Å². The highest BCUT2D eigenvalue weighted by Crippen LogP contribution is 2.40. The van der Waals surface area contributed by atoms with Gasteiger partial charge in [-0.15, -0.1) is 0 Å². The van der Waals surface area contributed by atoms with Crippen LogP contribution in [0.2, 0.25) is 0 Å². The Morgan fingerprint density at radius 1 is 0.833 bits per heavy atom. The summed E-state index contributed by atoms with van der Waals surface area (Å²) in [5, 5.41) is 4.11. The molecular weight excluding hydrogens is 655 g/mol. The highest BCUT2D eigenvalue weighted by atomic mass is 19.4. The third-order valence-electron chi connectivity index (χ3n) is 8.25. The van der Waals surface area contributed by atoms with Crippen LogP contribution in [0.15, 0.2) is 61.2 Å². The van der Waals surface area contributed by atoms with E-state index in [2.05, 4.69) is 15.1 Å². The molecule has 0 amide bonds. The predicted molar refractivity (Wildman–Crippen MR) is 159 cm³/mol. The third-order valence-corrected chi connectivity index (χ3v) is 8.25. The number of aryl methyl sites for hydroxylation is 1. The van der Waals surface area contributed by atoms with Crippen LogP contribution in [0.3, 0.4) is 0 Å². The molecule has 0 radical (unpaired) electrons. The molecular formula is C32H31F9N6O. The number of methoxy groups -OCH3 is 1. The Labute approximate surface area is 270 Å². The van der Waals surface area contributed by atoms with Crippen molar-refractivity contribution in [3.05, 3.63) is 89.0 Å². The van der Waals surface area contributed by atoms with Crippen LogP contribution in [0.1, 0.15) is 47.6 Å². The molecule has 16 heteroatoms. The monoisotopic (exact) mass is 686 g/mol. The molecule has 0 bridgehead atoms. The molecule has 0 unspecified atom stereocenters. The van der Waals surface area contributed by atoms with Gasteiger partial charge >= 0.3 is 18.5 Å². The minimum Gasteiger partial charge on any atom is -0.380 e. The normalized spacial score (nSPS) is 17.3. The number of ether oxygens (including phenoxy) is 1. The number of nitrogens with zero attached hydrogens (tertiary/aromatic N) is 6. The second kappa shape index (κ2) is 13.3. The molecule has 1 saturated heterocycles. The van der Waals surface area contributed by atoms with E-state index in [-0.39, 0.29) is 42.3 Å². The molecule has 0 spiro atoms. The molecule has 1 aliphatic rings. The minimum atomic E-state index is -5.04. The summed E-state index contributed by atoms with van der Waals surface area (Å²) >= 11 is 0. The molecule has 48 heavy (non-hydrogen) atoms. The van der Waals surface area contributed by atoms with Crippen molar-refractivity contribution in [2.24, 2.45) is 7.05 Å². The van der Waals surface area contributed by atoms with Crippen LogP contribution in [0.5, 0.6) is 0 Å². The fourth-order valence-corrected chi connectivity index (χ4v) is 5.97. The van der Waals surface area contributed by atoms with Crippen molar-refractivity contribution in [1.82, 2.24) is 19.7 Å². The molecule has 5 rings (SSSR count). The lowest BCUT2D eigenvalue weighted by molar-refractivity contribution is -0.143. The predicted octanol–water partition coefficient (Wildman–Crippen LogP) is 8.14. The summed E-state index contributed by atoms with van der Waals surface area (Å²) < 4.78 is 130. The zero-order valence-electron chi connectivity index (χ0n) is 26.0. The fraction of sp³-hybridized carbons (Fsp3) is 0.406. The van der Waals surface area contributed by atoms with Crippen molar-refractivity contribution in [2.45, 2.75) is 63.5 Å². The lowest BCUT2D eigenvalue weighted by atomic mass is 10.0. The molecule has 0 N–H and O–H groups in total. The number of hydrogen-bond acceptors (Lipinski definition) is 6. The fourth-order valence-electron chi connectivity index (χ4n) is 5.97. The third kappa shape index (κ3) is 7.69. The maximum absolute atomic E-state index is 13.7. The van der Waals surface area contributed by atoms with Crippen LogP contribution in [0, 0.1) is 0 Å². The lowest BCUT2D eigenvalue weighted by Gasteiger charge is -2.31. The molecule has 3 heterocycles. The molecule has 2 aromatic carbocycles. The lowest BCUT2D eigenvalue weighted by Crippen LogP contribution is -2.39. The van der Waals surface area contributed by atoms with Gasteiger partial charge < -0.3 is 14.5 Å². The summed E-state index contributed by atoms with van der Waals surface area (Å²) in [5.41, 5.74) is -1.99. The van der Waals surface area contributed by atoms with E-state index in [4.69, 9.17) is 4.74 Å². The molecule has 7 nitrogen and oxygen atoms in total. The molecule has 0 aliphatic carbocycles. The van der Waals surface area contributed by atoms with E-state index in [1.54, 1.807) is 29.0 Å². The first-order valence-corrected chi connectivity index (χ1v) is 14.8. The maximum atomic E-state index is 13.7. The van der Waals surface area contributed by atoms with Gasteiger partial charge in [0, 0.05) is 74.3 Å². The van der Waals surface area contributed by atoms with Gasteiger partial charge in [-0.05, 0) is 54.8 Å². The van der Waals surface area contributed by atoms with Crippen molar-refractivity contribution in [1.29, 1.82) is 0 Å². The Hall–Kier alpha value is -4.34. The van der Waals surface area contributed by atoms with Gasteiger partial charge in [0.25, 0.3) is 0 Å². The van der Waals surface area contributed by atoms with Gasteiger partial charge in [0.15, 0.2) is 0 Å². The highest BCUT2D eigenvalue weighted by Gasteiger charge is 2.40. The van der Waals surface area contributed by atoms with Crippen molar-refractivity contribution in [2.75, 3.05) is 23.5 Å². The second-order valence-electron chi connectivity index (χ2n) is 11.6. The summed E-state index contributed by atoms with van der Waals surface area (Å²) in [7, 11) is 3.07.